The summed E-state index contributed by atoms with van der Waals surface area (Å²) in [6, 6.07) is 6.16. The number of fused-ring (bicyclic) bond motifs is 1. The Labute approximate surface area is 103 Å². The molecule has 0 fully saturated rings. The molecule has 3 heteroatoms. The largest absolute Gasteiger partial charge is 0.350 e. The Morgan fingerprint density at radius 2 is 2.12 bits per heavy atom. The zero-order valence-corrected chi connectivity index (χ0v) is 11.2. The Morgan fingerprint density at radius 1 is 1.44 bits per heavy atom. The smallest absolute Gasteiger partial charge is 0.178 e. The summed E-state index contributed by atoms with van der Waals surface area (Å²) in [6.45, 7) is 3.91. The van der Waals surface area contributed by atoms with Crippen LogP contribution in [0.15, 0.2) is 24.4 Å². The third-order valence-electron chi connectivity index (χ3n) is 2.77. The van der Waals surface area contributed by atoms with E-state index in [0.29, 0.717) is 0 Å². The van der Waals surface area contributed by atoms with Crippen LogP contribution >= 0.6 is 15.9 Å². The highest BCUT2D eigenvalue weighted by Gasteiger charge is 2.17. The monoisotopic (exact) mass is 279 g/mol. The van der Waals surface area contributed by atoms with Crippen molar-refractivity contribution in [1.29, 1.82) is 0 Å². The topological polar surface area (TPSA) is 22.0 Å². The number of Topliss-reactive ketones (excluding diaryl/α,β-unsaturated/α-hetero) is 1. The maximum atomic E-state index is 12.0. The van der Waals surface area contributed by atoms with Crippen LogP contribution in [-0.4, -0.2) is 15.2 Å². The van der Waals surface area contributed by atoms with Gasteiger partial charge < -0.3 is 4.57 Å². The summed E-state index contributed by atoms with van der Waals surface area (Å²) in [7, 11) is 1.97. The van der Waals surface area contributed by atoms with Crippen LogP contribution in [0, 0.1) is 6.92 Å². The van der Waals surface area contributed by atoms with Crippen LogP contribution in [0.3, 0.4) is 0 Å². The fourth-order valence-electron chi connectivity index (χ4n) is 1.90. The van der Waals surface area contributed by atoms with Gasteiger partial charge in [0.25, 0.3) is 0 Å². The number of hydrogen-bond acceptors (Lipinski definition) is 1. The van der Waals surface area contributed by atoms with E-state index >= 15 is 0 Å². The van der Waals surface area contributed by atoms with E-state index in [9.17, 15) is 4.79 Å². The highest BCUT2D eigenvalue weighted by molar-refractivity contribution is 9.10. The molecular formula is C13H14BrNO. The number of benzene rings is 1. The number of carbonyl (C=O) groups excluding carboxylic acids is 1. The molecule has 0 saturated heterocycles. The van der Waals surface area contributed by atoms with Crippen LogP contribution in [0.1, 0.15) is 22.8 Å². The second-order valence-corrected chi connectivity index (χ2v) is 5.53. The van der Waals surface area contributed by atoms with Gasteiger partial charge in [0.1, 0.15) is 0 Å². The molecule has 84 valence electrons. The molecule has 2 nitrogen and oxygen atoms in total. The summed E-state index contributed by atoms with van der Waals surface area (Å²) in [6.07, 6.45) is 1.91. The highest BCUT2D eigenvalue weighted by atomic mass is 79.9. The number of aryl methyl sites for hydroxylation is 2. The van der Waals surface area contributed by atoms with E-state index in [1.807, 2.05) is 36.9 Å². The van der Waals surface area contributed by atoms with Crippen molar-refractivity contribution >= 4 is 32.6 Å². The Balaban J connectivity index is 2.69. The molecule has 16 heavy (non-hydrogen) atoms. The number of carbonyl (C=O) groups is 1. The van der Waals surface area contributed by atoms with E-state index < -0.39 is 0 Å². The van der Waals surface area contributed by atoms with Crippen molar-refractivity contribution in [1.82, 2.24) is 4.57 Å². The third kappa shape index (κ3) is 1.80. The predicted molar refractivity (Wildman–Crippen MR) is 70.4 cm³/mol. The van der Waals surface area contributed by atoms with Gasteiger partial charge in [0.05, 0.1) is 4.83 Å². The van der Waals surface area contributed by atoms with Crippen LogP contribution in [-0.2, 0) is 7.05 Å². The van der Waals surface area contributed by atoms with Crippen molar-refractivity contribution in [2.75, 3.05) is 0 Å². The third-order valence-corrected chi connectivity index (χ3v) is 3.19. The zero-order chi connectivity index (χ0) is 11.9. The molecule has 1 aromatic heterocycles. The van der Waals surface area contributed by atoms with Crippen LogP contribution in [0.2, 0.25) is 0 Å². The molecule has 2 aromatic rings. The van der Waals surface area contributed by atoms with Gasteiger partial charge in [-0.25, -0.2) is 0 Å². The fraction of sp³-hybridized carbons (Fsp3) is 0.308. The van der Waals surface area contributed by atoms with Gasteiger partial charge in [-0.3, -0.25) is 4.79 Å². The summed E-state index contributed by atoms with van der Waals surface area (Å²) < 4.78 is 2.00. The second-order valence-electron chi connectivity index (χ2n) is 4.15. The molecule has 0 aliphatic carbocycles. The zero-order valence-electron chi connectivity index (χ0n) is 9.62. The minimum Gasteiger partial charge on any atom is -0.350 e. The standard InChI is InChI=1S/C13H14BrNO/c1-8-4-5-10-11(13(16)9(2)14)7-15(3)12(10)6-8/h4-7,9H,1-3H3. The lowest BCUT2D eigenvalue weighted by atomic mass is 10.1. The van der Waals surface area contributed by atoms with E-state index in [-0.39, 0.29) is 10.6 Å². The van der Waals surface area contributed by atoms with Gasteiger partial charge in [0, 0.05) is 29.7 Å². The summed E-state index contributed by atoms with van der Waals surface area (Å²) in [4.78, 5) is 11.9. The van der Waals surface area contributed by atoms with Crippen molar-refractivity contribution < 1.29 is 4.79 Å². The molecule has 1 atom stereocenters. The van der Waals surface area contributed by atoms with Gasteiger partial charge in [-0.15, -0.1) is 0 Å². The summed E-state index contributed by atoms with van der Waals surface area (Å²) in [5.74, 6) is 0.134. The maximum Gasteiger partial charge on any atom is 0.178 e. The quantitative estimate of drug-likeness (QED) is 0.610. The minimum atomic E-state index is -0.139. The molecular weight excluding hydrogens is 266 g/mol. The van der Waals surface area contributed by atoms with Gasteiger partial charge >= 0.3 is 0 Å². The first-order valence-electron chi connectivity index (χ1n) is 5.24. The Hall–Kier alpha value is -1.09. The molecule has 0 bridgehead atoms. The van der Waals surface area contributed by atoms with Gasteiger partial charge in [-0.05, 0) is 25.5 Å². The summed E-state index contributed by atoms with van der Waals surface area (Å²) in [5.41, 5.74) is 3.11. The number of halogens is 1. The van der Waals surface area contributed by atoms with Crippen LogP contribution < -0.4 is 0 Å². The Bertz CT molecular complexity index is 554. The molecule has 0 spiro atoms. The van der Waals surface area contributed by atoms with E-state index in [1.165, 1.54) is 5.56 Å². The molecule has 0 aliphatic heterocycles. The number of nitrogens with zero attached hydrogens (tertiary/aromatic N) is 1. The number of alkyl halides is 1. The molecule has 1 unspecified atom stereocenters. The first kappa shape index (κ1) is 11.4. The van der Waals surface area contributed by atoms with Gasteiger partial charge in [0.2, 0.25) is 0 Å². The SMILES string of the molecule is Cc1ccc2c(C(=O)C(C)Br)cn(C)c2c1. The molecule has 0 aliphatic rings. The van der Waals surface area contributed by atoms with Crippen LogP contribution in [0.5, 0.6) is 0 Å². The first-order valence-corrected chi connectivity index (χ1v) is 6.16. The van der Waals surface area contributed by atoms with Gasteiger partial charge in [0.15, 0.2) is 5.78 Å². The van der Waals surface area contributed by atoms with Crippen LogP contribution in [0.25, 0.3) is 10.9 Å². The van der Waals surface area contributed by atoms with Crippen molar-refractivity contribution in [3.05, 3.63) is 35.5 Å². The van der Waals surface area contributed by atoms with Crippen molar-refractivity contribution in [2.24, 2.45) is 7.05 Å². The fourth-order valence-corrected chi connectivity index (χ4v) is 2.15. The Kier molecular flexibility index (Phi) is 2.89. The van der Waals surface area contributed by atoms with E-state index in [4.69, 9.17) is 0 Å². The molecule has 0 radical (unpaired) electrons. The normalized spacial score (nSPS) is 13.0. The minimum absolute atomic E-state index is 0.134. The molecule has 1 aromatic carbocycles. The number of aromatic nitrogens is 1. The van der Waals surface area contributed by atoms with E-state index in [2.05, 4.69) is 28.9 Å². The second kappa shape index (κ2) is 4.06. The average Bonchev–Trinajstić information content (AvgIpc) is 2.55. The summed E-state index contributed by atoms with van der Waals surface area (Å²) in [5, 5.41) is 1.03. The maximum absolute atomic E-state index is 12.0. The van der Waals surface area contributed by atoms with Crippen molar-refractivity contribution in [3.63, 3.8) is 0 Å². The molecule has 1 heterocycles. The lowest BCUT2D eigenvalue weighted by Gasteiger charge is -2.00. The number of rotatable bonds is 2. The summed E-state index contributed by atoms with van der Waals surface area (Å²) >= 11 is 3.33. The van der Waals surface area contributed by atoms with E-state index in [0.717, 1.165) is 16.5 Å². The van der Waals surface area contributed by atoms with Crippen molar-refractivity contribution in [3.8, 4) is 0 Å². The van der Waals surface area contributed by atoms with Crippen molar-refractivity contribution in [2.45, 2.75) is 18.7 Å². The first-order chi connectivity index (χ1) is 7.50. The lowest BCUT2D eigenvalue weighted by molar-refractivity contribution is 0.0997. The Morgan fingerprint density at radius 3 is 2.75 bits per heavy atom. The highest BCUT2D eigenvalue weighted by Crippen LogP contribution is 2.24. The van der Waals surface area contributed by atoms with E-state index in [1.54, 1.807) is 0 Å². The average molecular weight is 280 g/mol. The molecule has 2 rings (SSSR count). The molecule has 0 saturated carbocycles. The van der Waals surface area contributed by atoms with Gasteiger partial charge in [-0.1, -0.05) is 28.1 Å². The van der Waals surface area contributed by atoms with Gasteiger partial charge in [-0.2, -0.15) is 0 Å². The van der Waals surface area contributed by atoms with Crippen LogP contribution in [0.4, 0.5) is 0 Å². The lowest BCUT2D eigenvalue weighted by Crippen LogP contribution is -2.09. The number of hydrogen-bond donors (Lipinski definition) is 0. The molecule has 0 N–H and O–H groups in total. The number of ketones is 1. The predicted octanol–water partition coefficient (Wildman–Crippen LogP) is 3.45. The molecule has 0 amide bonds.